The topological polar surface area (TPSA) is 94.5 Å². The molecule has 2 atom stereocenters. The highest BCUT2D eigenvalue weighted by Crippen LogP contribution is 2.39. The third-order valence-corrected chi connectivity index (χ3v) is 21.7. The summed E-state index contributed by atoms with van der Waals surface area (Å²) in [5, 5.41) is 9.90. The van der Waals surface area contributed by atoms with Crippen LogP contribution in [0.5, 0.6) is 0 Å². The highest BCUT2D eigenvalue weighted by molar-refractivity contribution is 6.74. The van der Waals surface area contributed by atoms with E-state index in [1.165, 1.54) is 51.4 Å². The van der Waals surface area contributed by atoms with Gasteiger partial charge in [0, 0.05) is 32.5 Å². The lowest BCUT2D eigenvalue weighted by molar-refractivity contribution is -0.143. The molecule has 2 unspecified atom stereocenters. The highest BCUT2D eigenvalue weighted by atomic mass is 28.4. The number of unbranched alkanes of at least 4 members (excludes halogenated alkanes) is 13. The van der Waals surface area contributed by atoms with Crippen molar-refractivity contribution in [1.29, 1.82) is 0 Å². The molecule has 0 aromatic heterocycles. The Kier molecular flexibility index (Phi) is 33.4. The Morgan fingerprint density at radius 1 is 0.550 bits per heavy atom. The van der Waals surface area contributed by atoms with E-state index in [1.807, 2.05) is 12.2 Å². The number of esters is 2. The van der Waals surface area contributed by atoms with Crippen molar-refractivity contribution in [2.24, 2.45) is 0 Å². The van der Waals surface area contributed by atoms with Crippen molar-refractivity contribution in [1.82, 2.24) is 4.90 Å². The maximum Gasteiger partial charge on any atom is 0.306 e. The third-order valence-electron chi connectivity index (χ3n) is 12.6. The number of nitrogens with zero attached hydrogens (tertiary/aromatic N) is 1. The number of allylic oxidation sites excluding steroid dienone is 2. The summed E-state index contributed by atoms with van der Waals surface area (Å²) < 4.78 is 25.3. The van der Waals surface area contributed by atoms with E-state index in [0.29, 0.717) is 26.1 Å². The number of hydrogen-bond donors (Lipinski definition) is 1. The molecular weight excluding hydrogens is 783 g/mol. The van der Waals surface area contributed by atoms with Crippen molar-refractivity contribution < 1.29 is 33.0 Å². The molecule has 0 aromatic rings. The van der Waals surface area contributed by atoms with E-state index in [9.17, 15) is 14.7 Å². The zero-order chi connectivity index (χ0) is 45.3. The molecule has 10 heteroatoms. The summed E-state index contributed by atoms with van der Waals surface area (Å²) in [6.45, 7) is 31.1. The van der Waals surface area contributed by atoms with Crippen molar-refractivity contribution >= 4 is 28.6 Å². The maximum absolute atomic E-state index is 12.4. The van der Waals surface area contributed by atoms with Gasteiger partial charge in [-0.3, -0.25) is 14.5 Å². The Morgan fingerprint density at radius 2 is 0.950 bits per heavy atom. The van der Waals surface area contributed by atoms with Crippen LogP contribution in [0.1, 0.15) is 197 Å². The molecule has 0 amide bonds. The number of aliphatic hydroxyl groups is 1. The van der Waals surface area contributed by atoms with Gasteiger partial charge in [-0.15, -0.1) is 0 Å². The smallest absolute Gasteiger partial charge is 0.306 e. The van der Waals surface area contributed by atoms with Crippen LogP contribution in [0.3, 0.4) is 0 Å². The second-order valence-corrected chi connectivity index (χ2v) is 29.9. The van der Waals surface area contributed by atoms with E-state index in [1.54, 1.807) is 0 Å². The first-order valence-corrected chi connectivity index (χ1v) is 30.4. The predicted molar refractivity (Wildman–Crippen MR) is 261 cm³/mol. The Morgan fingerprint density at radius 3 is 1.32 bits per heavy atom. The third kappa shape index (κ3) is 30.7. The van der Waals surface area contributed by atoms with E-state index in [4.69, 9.17) is 18.3 Å². The minimum atomic E-state index is -2.07. The van der Waals surface area contributed by atoms with Gasteiger partial charge in [0.15, 0.2) is 16.6 Å². The molecule has 0 aliphatic carbocycles. The zero-order valence-electron chi connectivity index (χ0n) is 41.6. The molecule has 1 N–H and O–H groups in total. The molecule has 0 aliphatic rings. The van der Waals surface area contributed by atoms with E-state index < -0.39 is 16.6 Å². The van der Waals surface area contributed by atoms with Crippen LogP contribution < -0.4 is 0 Å². The van der Waals surface area contributed by atoms with Gasteiger partial charge in [0.2, 0.25) is 0 Å². The highest BCUT2D eigenvalue weighted by Gasteiger charge is 2.41. The average molecular weight is 883 g/mol. The van der Waals surface area contributed by atoms with Gasteiger partial charge in [0.05, 0.1) is 12.2 Å². The first-order chi connectivity index (χ1) is 28.3. The summed E-state index contributed by atoms with van der Waals surface area (Å²) in [5.74, 6) is -0.225. The lowest BCUT2D eigenvalue weighted by atomic mass is 10.1. The molecule has 0 spiro atoms. The van der Waals surface area contributed by atoms with Crippen LogP contribution in [0.2, 0.25) is 36.3 Å². The summed E-state index contributed by atoms with van der Waals surface area (Å²) in [5.41, 5.74) is 0. The molecule has 0 bridgehead atoms. The van der Waals surface area contributed by atoms with Crippen LogP contribution in [-0.4, -0.2) is 90.2 Å². The normalized spacial score (nSPS) is 14.1. The molecule has 0 aromatic carbocycles. The Hall–Kier alpha value is -1.31. The molecular formula is C50H99NO7Si2. The van der Waals surface area contributed by atoms with Crippen LogP contribution >= 0.6 is 0 Å². The molecule has 0 saturated carbocycles. The fraction of sp³-hybridized carbons (Fsp3) is 0.880. The van der Waals surface area contributed by atoms with Gasteiger partial charge in [0.1, 0.15) is 13.2 Å². The minimum absolute atomic E-state index is 0.0740. The van der Waals surface area contributed by atoms with Gasteiger partial charge in [-0.25, -0.2) is 0 Å². The van der Waals surface area contributed by atoms with Crippen molar-refractivity contribution in [3.05, 3.63) is 24.3 Å². The van der Waals surface area contributed by atoms with Crippen LogP contribution in [0.25, 0.3) is 0 Å². The predicted octanol–water partition coefficient (Wildman–Crippen LogP) is 13.9. The van der Waals surface area contributed by atoms with E-state index in [-0.39, 0.29) is 40.8 Å². The first kappa shape index (κ1) is 58.7. The van der Waals surface area contributed by atoms with E-state index >= 15 is 0 Å². The maximum atomic E-state index is 12.4. The van der Waals surface area contributed by atoms with Crippen LogP contribution in [0.15, 0.2) is 24.3 Å². The summed E-state index contributed by atoms with van der Waals surface area (Å²) in [6, 6.07) is 0. The second-order valence-electron chi connectivity index (χ2n) is 20.4. The molecule has 0 saturated heterocycles. The number of aliphatic hydroxyl groups excluding tert-OH is 1. The average Bonchev–Trinajstić information content (AvgIpc) is 3.15. The molecule has 60 heavy (non-hydrogen) atoms. The van der Waals surface area contributed by atoms with E-state index in [2.05, 4.69) is 98.6 Å². The standard InChI is InChI=1S/C50H99NO7Si2/c1-13-15-17-19-21-23-33-41-55-47(53)37-29-25-27-35-45(57-59(9,10)49(3,4)5)43-51(39-31-32-40-52)44-46(58-60(11,12)50(6,7)8)36-28-26-30-38-48(54)56-42-34-24-22-20-18-16-14-2/h23-24,33-34,45-46,52H,13-22,25-32,35-44H2,1-12H3/b33-23-,34-24+. The summed E-state index contributed by atoms with van der Waals surface area (Å²) in [7, 11) is -4.13. The van der Waals surface area contributed by atoms with Gasteiger partial charge >= 0.3 is 11.9 Å². The number of hydrogen-bond acceptors (Lipinski definition) is 8. The largest absolute Gasteiger partial charge is 0.461 e. The number of ether oxygens (including phenoxy) is 2. The Balaban J connectivity index is 5.57. The van der Waals surface area contributed by atoms with Crippen molar-refractivity contribution in [2.75, 3.05) is 39.5 Å². The van der Waals surface area contributed by atoms with Crippen LogP contribution in [0, 0.1) is 0 Å². The van der Waals surface area contributed by atoms with Crippen molar-refractivity contribution in [2.45, 2.75) is 245 Å². The quantitative estimate of drug-likeness (QED) is 0.0284. The lowest BCUT2D eigenvalue weighted by Gasteiger charge is -2.42. The molecule has 0 radical (unpaired) electrons. The van der Waals surface area contributed by atoms with E-state index in [0.717, 1.165) is 96.7 Å². The molecule has 0 heterocycles. The SMILES string of the molecule is CCCCCC/C=C\COC(=O)CCCCCC(CN(CCCCO)CC(CCCCCC(=O)OC/C=C/CCCCCC)O[Si](C)(C)C(C)(C)C)O[Si](C)(C)C(C)(C)C. The van der Waals surface area contributed by atoms with Crippen LogP contribution in [-0.2, 0) is 27.9 Å². The number of carbonyl (C=O) groups excluding carboxylic acids is 2. The lowest BCUT2D eigenvalue weighted by Crippen LogP contribution is -2.50. The minimum Gasteiger partial charge on any atom is -0.461 e. The molecule has 0 fully saturated rings. The van der Waals surface area contributed by atoms with Crippen molar-refractivity contribution in [3.8, 4) is 0 Å². The molecule has 354 valence electrons. The molecule has 0 aliphatic heterocycles. The Labute approximate surface area is 374 Å². The Bertz CT molecular complexity index is 1050. The van der Waals surface area contributed by atoms with Gasteiger partial charge in [-0.1, -0.05) is 144 Å². The summed E-state index contributed by atoms with van der Waals surface area (Å²) >= 11 is 0. The van der Waals surface area contributed by atoms with Gasteiger partial charge in [-0.2, -0.15) is 0 Å². The zero-order valence-corrected chi connectivity index (χ0v) is 43.6. The van der Waals surface area contributed by atoms with Crippen LogP contribution in [0.4, 0.5) is 0 Å². The number of rotatable bonds is 38. The fourth-order valence-electron chi connectivity index (χ4n) is 6.65. The number of carbonyl (C=O) groups is 2. The fourth-order valence-corrected chi connectivity index (χ4v) is 9.41. The van der Waals surface area contributed by atoms with Gasteiger partial charge in [-0.05, 0) is 107 Å². The van der Waals surface area contributed by atoms with Crippen molar-refractivity contribution in [3.63, 3.8) is 0 Å². The summed E-state index contributed by atoms with van der Waals surface area (Å²) in [6.07, 6.45) is 30.5. The van der Waals surface area contributed by atoms with Gasteiger partial charge in [0.25, 0.3) is 0 Å². The summed E-state index contributed by atoms with van der Waals surface area (Å²) in [4.78, 5) is 27.4. The second kappa shape index (κ2) is 34.1. The monoisotopic (exact) mass is 882 g/mol. The molecule has 8 nitrogen and oxygen atoms in total. The van der Waals surface area contributed by atoms with Gasteiger partial charge < -0.3 is 23.4 Å². The molecule has 0 rings (SSSR count). The first-order valence-electron chi connectivity index (χ1n) is 24.6.